The molecule has 8 aliphatic rings. The summed E-state index contributed by atoms with van der Waals surface area (Å²) in [6, 6.07) is 0. The van der Waals surface area contributed by atoms with Gasteiger partial charge in [-0.05, 0) is 104 Å². The van der Waals surface area contributed by atoms with Crippen molar-refractivity contribution in [1.29, 1.82) is 0 Å². The molecule has 4 heterocycles. The number of ether oxygens (including phenoxy) is 8. The van der Waals surface area contributed by atoms with Crippen LogP contribution in [0.1, 0.15) is 120 Å². The van der Waals surface area contributed by atoms with Crippen LogP contribution in [-0.4, -0.2) is 233 Å². The van der Waals surface area contributed by atoms with Gasteiger partial charge in [-0.25, -0.2) is 0 Å². The van der Waals surface area contributed by atoms with Crippen molar-refractivity contribution in [2.75, 3.05) is 26.4 Å². The van der Waals surface area contributed by atoms with E-state index in [-0.39, 0.29) is 17.3 Å². The van der Waals surface area contributed by atoms with E-state index in [1.807, 2.05) is 0 Å². The average Bonchev–Trinajstić information content (AvgIpc) is 3.94. The molecule has 14 N–H and O–H groups in total. The van der Waals surface area contributed by atoms with Crippen molar-refractivity contribution >= 4 is 5.97 Å². The number of carboxylic acids is 1. The number of aliphatic carboxylic acids is 1. The van der Waals surface area contributed by atoms with E-state index < -0.39 is 183 Å². The van der Waals surface area contributed by atoms with Crippen LogP contribution in [-0.2, 0) is 42.7 Å². The van der Waals surface area contributed by atoms with Crippen LogP contribution in [0.15, 0.2) is 23.3 Å². The molecule has 23 heteroatoms. The minimum absolute atomic E-state index is 0.0178. The lowest BCUT2D eigenvalue weighted by atomic mass is 9.43. The van der Waals surface area contributed by atoms with Gasteiger partial charge in [-0.1, -0.05) is 78.7 Å². The summed E-state index contributed by atoms with van der Waals surface area (Å²) in [5.74, 6) is -0.320. The number of carboxylic acid groups (broad SMARTS) is 1. The molecule has 0 aromatic carbocycles. The van der Waals surface area contributed by atoms with Crippen LogP contribution in [0, 0.1) is 44.8 Å². The lowest BCUT2D eigenvalue weighted by molar-refractivity contribution is -0.404. The number of aliphatic hydroxyl groups is 13. The maximum Gasteiger partial charge on any atom is 0.314 e. The van der Waals surface area contributed by atoms with Gasteiger partial charge in [0.2, 0.25) is 0 Å². The van der Waals surface area contributed by atoms with Crippen LogP contribution in [0.4, 0.5) is 0 Å². The Labute approximate surface area is 462 Å². The van der Waals surface area contributed by atoms with E-state index in [2.05, 4.69) is 62.0 Å². The molecular formula is C56H92O23. The lowest BCUT2D eigenvalue weighted by Crippen LogP contribution is -2.68. The Morgan fingerprint density at radius 1 is 0.582 bits per heavy atom. The van der Waals surface area contributed by atoms with Crippen molar-refractivity contribution in [3.63, 3.8) is 0 Å². The number of hydrogen-bond acceptors (Lipinski definition) is 22. The predicted octanol–water partition coefficient (Wildman–Crippen LogP) is -0.523. The topological polar surface area (TPSA) is 374 Å². The quantitative estimate of drug-likeness (QED) is 0.0815. The lowest BCUT2D eigenvalue weighted by Gasteiger charge is -2.62. The molecule has 4 aliphatic carbocycles. The third kappa shape index (κ3) is 11.0. The molecule has 454 valence electrons. The molecule has 27 atom stereocenters. The van der Waals surface area contributed by atoms with Crippen molar-refractivity contribution in [1.82, 2.24) is 0 Å². The van der Waals surface area contributed by atoms with Crippen LogP contribution in [0.3, 0.4) is 0 Å². The Morgan fingerprint density at radius 2 is 1.08 bits per heavy atom. The minimum Gasteiger partial charge on any atom is -0.481 e. The predicted molar refractivity (Wildman–Crippen MR) is 275 cm³/mol. The largest absolute Gasteiger partial charge is 0.481 e. The highest BCUT2D eigenvalue weighted by Crippen LogP contribution is 2.73. The van der Waals surface area contributed by atoms with E-state index in [1.54, 1.807) is 0 Å². The van der Waals surface area contributed by atoms with Gasteiger partial charge in [-0.2, -0.15) is 0 Å². The summed E-state index contributed by atoms with van der Waals surface area (Å²) in [5.41, 5.74) is 0.824. The van der Waals surface area contributed by atoms with Crippen LogP contribution < -0.4 is 0 Å². The molecule has 6 fully saturated rings. The Bertz CT molecular complexity index is 2150. The second-order valence-electron chi connectivity index (χ2n) is 26.2. The number of hydrogen-bond donors (Lipinski definition) is 14. The van der Waals surface area contributed by atoms with Gasteiger partial charge in [0.1, 0.15) is 97.7 Å². The Balaban J connectivity index is 1.07. The molecule has 0 amide bonds. The van der Waals surface area contributed by atoms with Gasteiger partial charge in [-0.15, -0.1) is 0 Å². The van der Waals surface area contributed by atoms with Crippen molar-refractivity contribution in [2.24, 2.45) is 44.8 Å². The first-order valence-corrected chi connectivity index (χ1v) is 28.4. The molecular weight excluding hydrogens is 1040 g/mol. The zero-order chi connectivity index (χ0) is 58.2. The zero-order valence-corrected chi connectivity index (χ0v) is 46.9. The number of fused-ring (bicyclic) bond motifs is 4. The van der Waals surface area contributed by atoms with E-state index in [1.165, 1.54) is 11.1 Å². The Kier molecular flexibility index (Phi) is 19.1. The van der Waals surface area contributed by atoms with E-state index in [0.29, 0.717) is 38.0 Å². The summed E-state index contributed by atoms with van der Waals surface area (Å²) in [6.07, 6.45) is -29.6. The summed E-state index contributed by atoms with van der Waals surface area (Å²) >= 11 is 0. The highest BCUT2D eigenvalue weighted by molar-refractivity contribution is 5.82. The standard InChI is InChI=1S/C56H92O23/c1-24(10-11-25(2)52(3,4)5)26-15-19-56(51(70)71)28-12-13-33-53(6,7)34(16-17-54(33,8)27(28)14-18-55(26,56)9)76-50-46(79-48-42(68)39(65)36(62)30(21-58)73-48)45(37(63)31(22-59)74-50)78-49-43(69)40(66)44(32(23-60)75-49)77-47-41(67)38(64)35(61)29(20-57)72-47/h24,26,29-50,57-69H,2,10-23H2,1,3-9H3,(H,70,71)/t24-,26-,29?,30?,31?,32?,33?,34+,35?,36?,37?,38?,39?,40?,41?,42?,43?,44?,45?,46?,47?,48?,49?,50?,54-,55-,56+/m1/s1. The molecule has 4 aliphatic heterocycles. The fourth-order valence-electron chi connectivity index (χ4n) is 15.7. The zero-order valence-electron chi connectivity index (χ0n) is 46.9. The normalized spacial score (nSPS) is 48.6. The van der Waals surface area contributed by atoms with E-state index in [4.69, 9.17) is 37.9 Å². The summed E-state index contributed by atoms with van der Waals surface area (Å²) in [6.45, 7) is 18.4. The number of allylic oxidation sites excluding steroid dienone is 2. The van der Waals surface area contributed by atoms with Crippen molar-refractivity contribution in [2.45, 2.75) is 249 Å². The second-order valence-corrected chi connectivity index (χ2v) is 26.2. The molecule has 23 nitrogen and oxygen atoms in total. The molecule has 4 saturated heterocycles. The van der Waals surface area contributed by atoms with Gasteiger partial charge in [0.15, 0.2) is 25.2 Å². The highest BCUT2D eigenvalue weighted by atomic mass is 16.8. The molecule has 0 aromatic rings. The van der Waals surface area contributed by atoms with Crippen molar-refractivity contribution in [3.05, 3.63) is 23.3 Å². The van der Waals surface area contributed by atoms with Crippen LogP contribution in [0.25, 0.3) is 0 Å². The van der Waals surface area contributed by atoms with E-state index >= 15 is 0 Å². The van der Waals surface area contributed by atoms with Gasteiger partial charge in [0.25, 0.3) is 0 Å². The Morgan fingerprint density at radius 3 is 1.61 bits per heavy atom. The molecule has 0 radical (unpaired) electrons. The smallest absolute Gasteiger partial charge is 0.314 e. The Hall–Kier alpha value is -1.89. The summed E-state index contributed by atoms with van der Waals surface area (Å²) in [7, 11) is 0. The molecule has 0 spiro atoms. The van der Waals surface area contributed by atoms with Crippen molar-refractivity contribution < 1.29 is 114 Å². The van der Waals surface area contributed by atoms with Crippen LogP contribution >= 0.6 is 0 Å². The van der Waals surface area contributed by atoms with Crippen molar-refractivity contribution in [3.8, 4) is 0 Å². The van der Waals surface area contributed by atoms with Gasteiger partial charge in [0, 0.05) is 0 Å². The summed E-state index contributed by atoms with van der Waals surface area (Å²) in [5, 5.41) is 152. The van der Waals surface area contributed by atoms with E-state index in [9.17, 15) is 76.3 Å². The molecule has 79 heavy (non-hydrogen) atoms. The number of rotatable bonds is 17. The van der Waals surface area contributed by atoms with Gasteiger partial charge in [-0.3, -0.25) is 4.79 Å². The van der Waals surface area contributed by atoms with E-state index in [0.717, 1.165) is 37.7 Å². The monoisotopic (exact) mass is 1130 g/mol. The first-order chi connectivity index (χ1) is 37.0. The molecule has 8 rings (SSSR count). The molecule has 2 saturated carbocycles. The molecule has 0 bridgehead atoms. The third-order valence-corrected chi connectivity index (χ3v) is 20.7. The third-order valence-electron chi connectivity index (χ3n) is 20.7. The van der Waals surface area contributed by atoms with Gasteiger partial charge < -0.3 is 109 Å². The SMILES string of the molecule is C=C(CC[C@@H](C)[C@H]1CC[C@@]2(C(=O)O)C3=C(CC[C@]12C)[C@@]1(C)CC[C@H](OC2OC(CO)C(O)C(OC4OC(CO)C(OC5OC(CO)C(O)C(O)C5O)C(O)C4O)C2OC2OC(CO)C(O)C(O)C2O)C(C)(C)C1CC3)C(C)(C)C. The maximum atomic E-state index is 14.1. The summed E-state index contributed by atoms with van der Waals surface area (Å²) < 4.78 is 48.8. The summed E-state index contributed by atoms with van der Waals surface area (Å²) in [4.78, 5) is 14.1. The minimum atomic E-state index is -2.11. The van der Waals surface area contributed by atoms with Gasteiger partial charge >= 0.3 is 5.97 Å². The number of carbonyl (C=O) groups is 1. The average molecular weight is 1130 g/mol. The fourth-order valence-corrected chi connectivity index (χ4v) is 15.7. The first kappa shape index (κ1) is 63.1. The van der Waals surface area contributed by atoms with Gasteiger partial charge in [0.05, 0.1) is 37.9 Å². The maximum absolute atomic E-state index is 14.1. The molecule has 0 aromatic heterocycles. The molecule has 21 unspecified atom stereocenters. The van der Waals surface area contributed by atoms with Crippen LogP contribution in [0.2, 0.25) is 0 Å². The second kappa shape index (κ2) is 23.9. The highest BCUT2D eigenvalue weighted by Gasteiger charge is 2.69. The first-order valence-electron chi connectivity index (χ1n) is 28.4. The van der Waals surface area contributed by atoms with Crippen LogP contribution in [0.5, 0.6) is 0 Å². The number of aliphatic hydroxyl groups excluding tert-OH is 13. The fraction of sp³-hybridized carbons (Fsp3) is 0.911.